The lowest BCUT2D eigenvalue weighted by atomic mass is 10.2. The Balaban J connectivity index is 2.85. The van der Waals surface area contributed by atoms with E-state index in [0.717, 1.165) is 5.56 Å². The van der Waals surface area contributed by atoms with E-state index in [2.05, 4.69) is 0 Å². The summed E-state index contributed by atoms with van der Waals surface area (Å²) >= 11 is 0. The average molecular weight is 264 g/mol. The highest BCUT2D eigenvalue weighted by atomic mass is 16.5. The number of rotatable bonds is 7. The molecule has 0 saturated heterocycles. The van der Waals surface area contributed by atoms with Gasteiger partial charge in [0.05, 0.1) is 19.8 Å². The van der Waals surface area contributed by atoms with Gasteiger partial charge in [-0.15, -0.1) is 0 Å². The van der Waals surface area contributed by atoms with Crippen LogP contribution in [0.2, 0.25) is 0 Å². The van der Waals surface area contributed by atoms with E-state index in [0.29, 0.717) is 31.3 Å². The van der Waals surface area contributed by atoms with Gasteiger partial charge in [0.25, 0.3) is 0 Å². The van der Waals surface area contributed by atoms with Crippen molar-refractivity contribution >= 4 is 12.0 Å². The summed E-state index contributed by atoms with van der Waals surface area (Å²) in [5, 5.41) is 0. The van der Waals surface area contributed by atoms with Crippen molar-refractivity contribution < 1.29 is 19.0 Å². The largest absolute Gasteiger partial charge is 0.490 e. The first kappa shape index (κ1) is 15.1. The van der Waals surface area contributed by atoms with Crippen LogP contribution in [0.5, 0.6) is 11.5 Å². The minimum absolute atomic E-state index is 0.352. The molecule has 0 unspecified atom stereocenters. The van der Waals surface area contributed by atoms with Crippen molar-refractivity contribution in [2.75, 3.05) is 19.8 Å². The molecular weight excluding hydrogens is 244 g/mol. The Morgan fingerprint density at radius 3 is 2.37 bits per heavy atom. The van der Waals surface area contributed by atoms with Gasteiger partial charge >= 0.3 is 5.97 Å². The second-order valence-corrected chi connectivity index (χ2v) is 3.66. The third-order valence-corrected chi connectivity index (χ3v) is 2.27. The highest BCUT2D eigenvalue weighted by Crippen LogP contribution is 2.28. The first-order valence-corrected chi connectivity index (χ1v) is 6.45. The molecule has 0 heterocycles. The summed E-state index contributed by atoms with van der Waals surface area (Å²) in [6.07, 6.45) is 3.09. The Morgan fingerprint density at radius 1 is 1.05 bits per heavy atom. The van der Waals surface area contributed by atoms with E-state index in [-0.39, 0.29) is 5.97 Å². The molecule has 0 radical (unpaired) electrons. The maximum absolute atomic E-state index is 11.2. The Labute approximate surface area is 114 Å². The second-order valence-electron chi connectivity index (χ2n) is 3.66. The first-order chi connectivity index (χ1) is 9.21. The van der Waals surface area contributed by atoms with Gasteiger partial charge in [0.15, 0.2) is 11.5 Å². The monoisotopic (exact) mass is 264 g/mol. The third kappa shape index (κ3) is 5.04. The normalized spacial score (nSPS) is 10.5. The molecule has 0 saturated carbocycles. The van der Waals surface area contributed by atoms with Crippen molar-refractivity contribution in [1.29, 1.82) is 0 Å². The van der Waals surface area contributed by atoms with Crippen molar-refractivity contribution in [2.45, 2.75) is 20.8 Å². The van der Waals surface area contributed by atoms with Gasteiger partial charge in [0.2, 0.25) is 0 Å². The molecule has 0 bridgehead atoms. The predicted molar refractivity (Wildman–Crippen MR) is 74.4 cm³/mol. The number of carbonyl (C=O) groups excluding carboxylic acids is 1. The van der Waals surface area contributed by atoms with Crippen molar-refractivity contribution in [3.8, 4) is 11.5 Å². The smallest absolute Gasteiger partial charge is 0.330 e. The van der Waals surface area contributed by atoms with Crippen molar-refractivity contribution in [1.82, 2.24) is 0 Å². The van der Waals surface area contributed by atoms with Gasteiger partial charge in [-0.25, -0.2) is 4.79 Å². The van der Waals surface area contributed by atoms with Crippen molar-refractivity contribution in [3.63, 3.8) is 0 Å². The SMILES string of the molecule is CCOC(=O)/C=C/c1ccc(OCC)c(OCC)c1. The molecule has 19 heavy (non-hydrogen) atoms. The zero-order chi connectivity index (χ0) is 14.1. The Hall–Kier alpha value is -1.97. The molecule has 1 aromatic rings. The van der Waals surface area contributed by atoms with Gasteiger partial charge in [-0.05, 0) is 44.5 Å². The number of benzene rings is 1. The van der Waals surface area contributed by atoms with E-state index in [4.69, 9.17) is 14.2 Å². The van der Waals surface area contributed by atoms with Crippen LogP contribution in [-0.2, 0) is 9.53 Å². The first-order valence-electron chi connectivity index (χ1n) is 6.45. The summed E-state index contributed by atoms with van der Waals surface area (Å²) in [5.41, 5.74) is 0.861. The van der Waals surface area contributed by atoms with Crippen LogP contribution in [0.4, 0.5) is 0 Å². The fourth-order valence-electron chi connectivity index (χ4n) is 1.53. The van der Waals surface area contributed by atoms with Gasteiger partial charge in [-0.2, -0.15) is 0 Å². The lowest BCUT2D eigenvalue weighted by Gasteiger charge is -2.11. The fraction of sp³-hybridized carbons (Fsp3) is 0.400. The zero-order valence-electron chi connectivity index (χ0n) is 11.6. The van der Waals surface area contributed by atoms with E-state index in [1.54, 1.807) is 13.0 Å². The van der Waals surface area contributed by atoms with Gasteiger partial charge in [-0.1, -0.05) is 6.07 Å². The van der Waals surface area contributed by atoms with Crippen LogP contribution in [-0.4, -0.2) is 25.8 Å². The number of hydrogen-bond donors (Lipinski definition) is 0. The Bertz CT molecular complexity index is 438. The van der Waals surface area contributed by atoms with Crippen LogP contribution >= 0.6 is 0 Å². The quantitative estimate of drug-likeness (QED) is 0.561. The third-order valence-electron chi connectivity index (χ3n) is 2.27. The van der Waals surface area contributed by atoms with Gasteiger partial charge < -0.3 is 14.2 Å². The van der Waals surface area contributed by atoms with Crippen LogP contribution in [0.1, 0.15) is 26.3 Å². The predicted octanol–water partition coefficient (Wildman–Crippen LogP) is 3.06. The molecule has 0 N–H and O–H groups in total. The van der Waals surface area contributed by atoms with E-state index in [9.17, 15) is 4.79 Å². The minimum Gasteiger partial charge on any atom is -0.490 e. The summed E-state index contributed by atoms with van der Waals surface area (Å²) in [4.78, 5) is 11.2. The van der Waals surface area contributed by atoms with Crippen LogP contribution in [0.25, 0.3) is 6.08 Å². The van der Waals surface area contributed by atoms with Crippen LogP contribution < -0.4 is 9.47 Å². The zero-order valence-corrected chi connectivity index (χ0v) is 11.6. The number of carbonyl (C=O) groups is 1. The standard InChI is InChI=1S/C15H20O4/c1-4-17-13-9-7-12(11-14(13)18-5-2)8-10-15(16)19-6-3/h7-11H,4-6H2,1-3H3/b10-8+. The average Bonchev–Trinajstić information content (AvgIpc) is 2.40. The van der Waals surface area contributed by atoms with E-state index in [1.165, 1.54) is 6.08 Å². The Kier molecular flexibility index (Phi) is 6.50. The Morgan fingerprint density at radius 2 is 1.74 bits per heavy atom. The topological polar surface area (TPSA) is 44.8 Å². The molecule has 0 spiro atoms. The molecule has 0 amide bonds. The van der Waals surface area contributed by atoms with Crippen molar-refractivity contribution in [3.05, 3.63) is 29.8 Å². The molecule has 1 aromatic carbocycles. The summed E-state index contributed by atoms with van der Waals surface area (Å²) in [6, 6.07) is 5.53. The second kappa shape index (κ2) is 8.19. The molecule has 0 aliphatic rings. The molecule has 0 fully saturated rings. The molecule has 104 valence electrons. The van der Waals surface area contributed by atoms with E-state index >= 15 is 0 Å². The molecule has 4 heteroatoms. The van der Waals surface area contributed by atoms with Crippen LogP contribution in [0.15, 0.2) is 24.3 Å². The molecule has 0 aromatic heterocycles. The number of hydrogen-bond acceptors (Lipinski definition) is 4. The maximum Gasteiger partial charge on any atom is 0.330 e. The molecule has 0 atom stereocenters. The minimum atomic E-state index is -0.352. The summed E-state index contributed by atoms with van der Waals surface area (Å²) in [6.45, 7) is 7.12. The number of esters is 1. The maximum atomic E-state index is 11.2. The van der Waals surface area contributed by atoms with Gasteiger partial charge in [0, 0.05) is 6.08 Å². The summed E-state index contributed by atoms with van der Waals surface area (Å²) < 4.78 is 15.8. The van der Waals surface area contributed by atoms with Gasteiger partial charge in [0.1, 0.15) is 0 Å². The molecule has 4 nitrogen and oxygen atoms in total. The van der Waals surface area contributed by atoms with E-state index in [1.807, 2.05) is 32.0 Å². The highest BCUT2D eigenvalue weighted by Gasteiger charge is 2.05. The van der Waals surface area contributed by atoms with Gasteiger partial charge in [-0.3, -0.25) is 0 Å². The lowest BCUT2D eigenvalue weighted by molar-refractivity contribution is -0.137. The lowest BCUT2D eigenvalue weighted by Crippen LogP contribution is -1.99. The van der Waals surface area contributed by atoms with E-state index < -0.39 is 0 Å². The van der Waals surface area contributed by atoms with Crippen molar-refractivity contribution in [2.24, 2.45) is 0 Å². The number of ether oxygens (including phenoxy) is 3. The molecule has 1 rings (SSSR count). The summed E-state index contributed by atoms with van der Waals surface area (Å²) in [5.74, 6) is 1.03. The fourth-order valence-corrected chi connectivity index (χ4v) is 1.53. The van der Waals surface area contributed by atoms with Crippen LogP contribution in [0.3, 0.4) is 0 Å². The molecule has 0 aliphatic heterocycles. The van der Waals surface area contributed by atoms with Crippen LogP contribution in [0, 0.1) is 0 Å². The molecular formula is C15H20O4. The summed E-state index contributed by atoms with van der Waals surface area (Å²) in [7, 11) is 0. The highest BCUT2D eigenvalue weighted by molar-refractivity contribution is 5.87. The molecule has 0 aliphatic carbocycles.